The highest BCUT2D eigenvalue weighted by molar-refractivity contribution is 8.00. The number of aromatic nitrogens is 3. The fourth-order valence-corrected chi connectivity index (χ4v) is 4.14. The van der Waals surface area contributed by atoms with Crippen LogP contribution in [0.2, 0.25) is 0 Å². The second-order valence-electron chi connectivity index (χ2n) is 6.80. The number of thioether (sulfide) groups is 1. The van der Waals surface area contributed by atoms with Crippen LogP contribution in [0.3, 0.4) is 0 Å². The van der Waals surface area contributed by atoms with Crippen LogP contribution in [0.25, 0.3) is 0 Å². The topological polar surface area (TPSA) is 79.8 Å². The monoisotopic (exact) mass is 374 g/mol. The summed E-state index contributed by atoms with van der Waals surface area (Å²) in [5.41, 5.74) is 0.933. The van der Waals surface area contributed by atoms with Crippen LogP contribution in [-0.4, -0.2) is 32.0 Å². The lowest BCUT2D eigenvalue weighted by Gasteiger charge is -2.24. The van der Waals surface area contributed by atoms with E-state index in [-0.39, 0.29) is 16.8 Å². The van der Waals surface area contributed by atoms with Crippen molar-refractivity contribution in [3.8, 4) is 0 Å². The van der Waals surface area contributed by atoms with E-state index in [9.17, 15) is 9.59 Å². The van der Waals surface area contributed by atoms with Crippen LogP contribution in [0.15, 0.2) is 40.3 Å². The molecular formula is C19H26N4O2S. The van der Waals surface area contributed by atoms with Gasteiger partial charge in [-0.1, -0.05) is 61.4 Å². The number of carbonyl (C=O) groups is 1. The first-order valence-electron chi connectivity index (χ1n) is 9.29. The number of nitrogens with one attached hydrogen (secondary N) is 2. The molecule has 3 rings (SSSR count). The maximum Gasteiger partial charge on any atom is 0.343 e. The van der Waals surface area contributed by atoms with E-state index in [1.165, 1.54) is 36.6 Å². The standard InChI is InChI=1S/C19H26N4O2S/c1-14(17(24)20-16-10-6-3-7-11-16)26-19-22-21-18(25)23(19)13-12-15-8-4-2-5-9-15/h2,4-5,8-9,14,16H,3,6-7,10-13H2,1H3,(H,20,24)(H,21,25). The molecule has 26 heavy (non-hydrogen) atoms. The molecule has 6 nitrogen and oxygen atoms in total. The Bertz CT molecular complexity index is 765. The maximum absolute atomic E-state index is 12.5. The summed E-state index contributed by atoms with van der Waals surface area (Å²) in [6.45, 7) is 2.40. The Kier molecular flexibility index (Phi) is 6.55. The number of hydrogen-bond donors (Lipinski definition) is 2. The lowest BCUT2D eigenvalue weighted by atomic mass is 9.95. The number of amides is 1. The van der Waals surface area contributed by atoms with E-state index in [0.717, 1.165) is 19.3 Å². The largest absolute Gasteiger partial charge is 0.352 e. The second-order valence-corrected chi connectivity index (χ2v) is 8.11. The summed E-state index contributed by atoms with van der Waals surface area (Å²) in [6, 6.07) is 10.3. The number of hydrogen-bond acceptors (Lipinski definition) is 4. The Hall–Kier alpha value is -2.02. The summed E-state index contributed by atoms with van der Waals surface area (Å²) in [7, 11) is 0. The van der Waals surface area contributed by atoms with Gasteiger partial charge in [-0.05, 0) is 31.7 Å². The van der Waals surface area contributed by atoms with Crippen molar-refractivity contribution in [2.45, 2.75) is 68.4 Å². The fourth-order valence-electron chi connectivity index (χ4n) is 3.25. The summed E-state index contributed by atoms with van der Waals surface area (Å²) in [5.74, 6) is 0.0203. The number of H-pyrrole nitrogens is 1. The lowest BCUT2D eigenvalue weighted by Crippen LogP contribution is -2.40. The van der Waals surface area contributed by atoms with Crippen LogP contribution in [0.4, 0.5) is 0 Å². The summed E-state index contributed by atoms with van der Waals surface area (Å²) in [4.78, 5) is 24.5. The number of carbonyl (C=O) groups excluding carboxylic acids is 1. The van der Waals surface area contributed by atoms with Gasteiger partial charge in [0.1, 0.15) is 0 Å². The molecule has 1 fully saturated rings. The molecule has 1 aromatic carbocycles. The Morgan fingerprint density at radius 1 is 1.31 bits per heavy atom. The highest BCUT2D eigenvalue weighted by atomic mass is 32.2. The van der Waals surface area contributed by atoms with Crippen LogP contribution in [0.5, 0.6) is 0 Å². The first-order chi connectivity index (χ1) is 12.6. The van der Waals surface area contributed by atoms with E-state index < -0.39 is 0 Å². The Morgan fingerprint density at radius 2 is 2.04 bits per heavy atom. The molecule has 1 unspecified atom stereocenters. The highest BCUT2D eigenvalue weighted by Gasteiger charge is 2.22. The first-order valence-corrected chi connectivity index (χ1v) is 10.2. The van der Waals surface area contributed by atoms with Gasteiger partial charge in [0.15, 0.2) is 5.16 Å². The molecule has 140 valence electrons. The van der Waals surface area contributed by atoms with E-state index in [4.69, 9.17) is 0 Å². The number of nitrogens with zero attached hydrogens (tertiary/aromatic N) is 2. The molecule has 1 aliphatic rings. The van der Waals surface area contributed by atoms with Gasteiger partial charge < -0.3 is 5.32 Å². The van der Waals surface area contributed by atoms with Crippen molar-refractivity contribution in [1.82, 2.24) is 20.1 Å². The van der Waals surface area contributed by atoms with Gasteiger partial charge in [-0.3, -0.25) is 9.36 Å². The third kappa shape index (κ3) is 5.00. The Balaban J connectivity index is 1.58. The zero-order valence-corrected chi connectivity index (χ0v) is 15.9. The molecule has 1 heterocycles. The number of benzene rings is 1. The molecule has 2 aromatic rings. The predicted molar refractivity (Wildman–Crippen MR) is 103 cm³/mol. The van der Waals surface area contributed by atoms with Gasteiger partial charge in [0.05, 0.1) is 5.25 Å². The molecule has 0 saturated heterocycles. The maximum atomic E-state index is 12.5. The number of aromatic amines is 1. The van der Waals surface area contributed by atoms with Crippen LogP contribution >= 0.6 is 11.8 Å². The quantitative estimate of drug-likeness (QED) is 0.731. The van der Waals surface area contributed by atoms with Gasteiger partial charge in [0.25, 0.3) is 0 Å². The van der Waals surface area contributed by atoms with Crippen LogP contribution in [0, 0.1) is 0 Å². The van der Waals surface area contributed by atoms with Gasteiger partial charge >= 0.3 is 5.69 Å². The van der Waals surface area contributed by atoms with E-state index >= 15 is 0 Å². The Morgan fingerprint density at radius 3 is 2.77 bits per heavy atom. The normalized spacial score (nSPS) is 16.3. The molecule has 1 saturated carbocycles. The molecule has 0 aliphatic heterocycles. The van der Waals surface area contributed by atoms with Crippen LogP contribution < -0.4 is 11.0 Å². The summed E-state index contributed by atoms with van der Waals surface area (Å²) in [6.07, 6.45) is 6.50. The van der Waals surface area contributed by atoms with Gasteiger partial charge in [0.2, 0.25) is 5.91 Å². The van der Waals surface area contributed by atoms with Crippen molar-refractivity contribution in [1.29, 1.82) is 0 Å². The first kappa shape index (κ1) is 18.8. The molecule has 1 aliphatic carbocycles. The SMILES string of the molecule is CC(Sc1n[nH]c(=O)n1CCc1ccccc1)C(=O)NC1CCCCC1. The average Bonchev–Trinajstić information content (AvgIpc) is 3.01. The van der Waals surface area contributed by atoms with Gasteiger partial charge in [-0.25, -0.2) is 9.89 Å². The third-order valence-corrected chi connectivity index (χ3v) is 5.88. The number of rotatable bonds is 7. The minimum atomic E-state index is -0.289. The fraction of sp³-hybridized carbons (Fsp3) is 0.526. The molecule has 1 aromatic heterocycles. The summed E-state index contributed by atoms with van der Waals surface area (Å²) < 4.78 is 1.61. The molecule has 0 spiro atoms. The lowest BCUT2D eigenvalue weighted by molar-refractivity contribution is -0.121. The van der Waals surface area contributed by atoms with Crippen molar-refractivity contribution in [3.63, 3.8) is 0 Å². The highest BCUT2D eigenvalue weighted by Crippen LogP contribution is 2.22. The molecule has 0 radical (unpaired) electrons. The second kappa shape index (κ2) is 9.07. The van der Waals surface area contributed by atoms with E-state index in [1.54, 1.807) is 4.57 Å². The van der Waals surface area contributed by atoms with Gasteiger partial charge in [0, 0.05) is 12.6 Å². The minimum absolute atomic E-state index is 0.0203. The van der Waals surface area contributed by atoms with Crippen LogP contribution in [0.1, 0.15) is 44.6 Å². The molecule has 0 bridgehead atoms. The van der Waals surface area contributed by atoms with Crippen molar-refractivity contribution in [3.05, 3.63) is 46.4 Å². The van der Waals surface area contributed by atoms with Crippen molar-refractivity contribution in [2.24, 2.45) is 0 Å². The van der Waals surface area contributed by atoms with Gasteiger partial charge in [-0.15, -0.1) is 5.10 Å². The molecule has 1 atom stereocenters. The van der Waals surface area contributed by atoms with E-state index in [2.05, 4.69) is 15.5 Å². The summed E-state index contributed by atoms with van der Waals surface area (Å²) in [5, 5.41) is 10.0. The molecule has 7 heteroatoms. The molecule has 1 amide bonds. The van der Waals surface area contributed by atoms with Crippen molar-refractivity contribution < 1.29 is 4.79 Å². The zero-order valence-electron chi connectivity index (χ0n) is 15.1. The predicted octanol–water partition coefficient (Wildman–Crippen LogP) is 2.74. The zero-order chi connectivity index (χ0) is 18.4. The van der Waals surface area contributed by atoms with E-state index in [1.807, 2.05) is 37.3 Å². The van der Waals surface area contributed by atoms with Crippen LogP contribution in [-0.2, 0) is 17.8 Å². The number of aryl methyl sites for hydroxylation is 1. The average molecular weight is 375 g/mol. The molecule has 2 N–H and O–H groups in total. The van der Waals surface area contributed by atoms with Crippen molar-refractivity contribution >= 4 is 17.7 Å². The van der Waals surface area contributed by atoms with E-state index in [0.29, 0.717) is 17.7 Å². The Labute approximate surface area is 157 Å². The van der Waals surface area contributed by atoms with Crippen molar-refractivity contribution in [2.75, 3.05) is 0 Å². The van der Waals surface area contributed by atoms with Gasteiger partial charge in [-0.2, -0.15) is 0 Å². The minimum Gasteiger partial charge on any atom is -0.352 e. The third-order valence-electron chi connectivity index (χ3n) is 4.79. The summed E-state index contributed by atoms with van der Waals surface area (Å²) >= 11 is 1.33. The smallest absolute Gasteiger partial charge is 0.343 e. The molecular weight excluding hydrogens is 348 g/mol.